The minimum absolute atomic E-state index is 0.0416. The van der Waals surface area contributed by atoms with Crippen molar-refractivity contribution in [1.82, 2.24) is 10.6 Å². The molecule has 2 amide bonds. The van der Waals surface area contributed by atoms with Crippen LogP contribution in [0.25, 0.3) is 0 Å². The van der Waals surface area contributed by atoms with Gasteiger partial charge in [0.1, 0.15) is 5.54 Å². The van der Waals surface area contributed by atoms with E-state index in [0.29, 0.717) is 24.9 Å². The van der Waals surface area contributed by atoms with Gasteiger partial charge in [0.05, 0.1) is 0 Å². The standard InChI is InChI=1S/C20H28N2O4/c1-19(2,3)17(24)21-13-14-7-9-15(10-8-14)16(23)22-20(18(25)26)11-5-4-6-12-20/h7-10H,4-6,11-13H2,1-3H3,(H,21,24)(H,22,23)(H,25,26). The van der Waals surface area contributed by atoms with Gasteiger partial charge in [0, 0.05) is 17.5 Å². The Morgan fingerprint density at radius 1 is 1.04 bits per heavy atom. The first kappa shape index (κ1) is 19.9. The van der Waals surface area contributed by atoms with E-state index in [2.05, 4.69) is 10.6 Å². The Kier molecular flexibility index (Phi) is 6.05. The second-order valence-electron chi connectivity index (χ2n) is 8.03. The monoisotopic (exact) mass is 360 g/mol. The molecule has 1 aliphatic rings. The normalized spacial score (nSPS) is 16.6. The molecule has 2 rings (SSSR count). The first-order chi connectivity index (χ1) is 12.1. The third kappa shape index (κ3) is 4.84. The van der Waals surface area contributed by atoms with Crippen LogP contribution in [-0.2, 0) is 16.1 Å². The molecule has 3 N–H and O–H groups in total. The summed E-state index contributed by atoms with van der Waals surface area (Å²) in [4.78, 5) is 36.1. The lowest BCUT2D eigenvalue weighted by Gasteiger charge is -2.34. The Labute approximate surface area is 154 Å². The summed E-state index contributed by atoms with van der Waals surface area (Å²) < 4.78 is 0. The number of carboxylic acid groups (broad SMARTS) is 1. The summed E-state index contributed by atoms with van der Waals surface area (Å²) >= 11 is 0. The predicted molar refractivity (Wildman–Crippen MR) is 98.7 cm³/mol. The molecule has 26 heavy (non-hydrogen) atoms. The number of hydrogen-bond acceptors (Lipinski definition) is 3. The molecular formula is C20H28N2O4. The average Bonchev–Trinajstić information content (AvgIpc) is 2.59. The highest BCUT2D eigenvalue weighted by Gasteiger charge is 2.41. The summed E-state index contributed by atoms with van der Waals surface area (Å²) in [6, 6.07) is 6.86. The van der Waals surface area contributed by atoms with Crippen LogP contribution in [0.3, 0.4) is 0 Å². The van der Waals surface area contributed by atoms with E-state index in [0.717, 1.165) is 24.8 Å². The maximum absolute atomic E-state index is 12.5. The molecule has 0 spiro atoms. The third-order valence-electron chi connectivity index (χ3n) is 4.82. The predicted octanol–water partition coefficient (Wildman–Crippen LogP) is 2.87. The molecule has 0 aliphatic heterocycles. The van der Waals surface area contributed by atoms with Crippen molar-refractivity contribution in [2.75, 3.05) is 0 Å². The lowest BCUT2D eigenvalue weighted by molar-refractivity contribution is -0.146. The van der Waals surface area contributed by atoms with E-state index in [-0.39, 0.29) is 11.8 Å². The van der Waals surface area contributed by atoms with Gasteiger partial charge in [-0.05, 0) is 30.5 Å². The van der Waals surface area contributed by atoms with Gasteiger partial charge < -0.3 is 15.7 Å². The maximum atomic E-state index is 12.5. The summed E-state index contributed by atoms with van der Waals surface area (Å²) in [6.45, 7) is 5.93. The molecule has 1 aliphatic carbocycles. The van der Waals surface area contributed by atoms with E-state index < -0.39 is 16.9 Å². The van der Waals surface area contributed by atoms with Crippen LogP contribution < -0.4 is 10.6 Å². The zero-order chi connectivity index (χ0) is 19.4. The molecule has 6 heteroatoms. The van der Waals surface area contributed by atoms with Crippen LogP contribution in [0.2, 0.25) is 0 Å². The zero-order valence-electron chi connectivity index (χ0n) is 15.7. The first-order valence-corrected chi connectivity index (χ1v) is 9.07. The van der Waals surface area contributed by atoms with Gasteiger partial charge in [0.25, 0.3) is 5.91 Å². The number of hydrogen-bond donors (Lipinski definition) is 3. The number of carbonyl (C=O) groups excluding carboxylic acids is 2. The Morgan fingerprint density at radius 3 is 2.12 bits per heavy atom. The lowest BCUT2D eigenvalue weighted by atomic mass is 9.81. The number of carbonyl (C=O) groups is 3. The van der Waals surface area contributed by atoms with Gasteiger partial charge in [0.15, 0.2) is 0 Å². The number of nitrogens with one attached hydrogen (secondary N) is 2. The lowest BCUT2D eigenvalue weighted by Crippen LogP contribution is -2.55. The minimum atomic E-state index is -1.16. The van der Waals surface area contributed by atoms with Gasteiger partial charge in [-0.2, -0.15) is 0 Å². The highest BCUT2D eigenvalue weighted by atomic mass is 16.4. The molecule has 0 saturated heterocycles. The maximum Gasteiger partial charge on any atom is 0.329 e. The van der Waals surface area contributed by atoms with E-state index in [1.165, 1.54) is 0 Å². The van der Waals surface area contributed by atoms with Crippen molar-refractivity contribution in [2.24, 2.45) is 5.41 Å². The molecule has 0 bridgehead atoms. The summed E-state index contributed by atoms with van der Waals surface area (Å²) in [5.74, 6) is -1.38. The van der Waals surface area contributed by atoms with E-state index in [9.17, 15) is 19.5 Å². The summed E-state index contributed by atoms with van der Waals surface area (Å²) in [6.07, 6.45) is 3.54. The summed E-state index contributed by atoms with van der Waals surface area (Å²) in [5.41, 5.74) is -0.313. The van der Waals surface area contributed by atoms with Crippen LogP contribution in [0.5, 0.6) is 0 Å². The fourth-order valence-electron chi connectivity index (χ4n) is 3.06. The Morgan fingerprint density at radius 2 is 1.62 bits per heavy atom. The van der Waals surface area contributed by atoms with Gasteiger partial charge >= 0.3 is 5.97 Å². The number of aliphatic carboxylic acids is 1. The number of carboxylic acids is 1. The topological polar surface area (TPSA) is 95.5 Å². The quantitative estimate of drug-likeness (QED) is 0.752. The second-order valence-corrected chi connectivity index (χ2v) is 8.03. The van der Waals surface area contributed by atoms with Crippen LogP contribution in [0.15, 0.2) is 24.3 Å². The van der Waals surface area contributed by atoms with Crippen molar-refractivity contribution < 1.29 is 19.5 Å². The number of rotatable bonds is 5. The molecule has 1 saturated carbocycles. The van der Waals surface area contributed by atoms with Gasteiger partial charge in [-0.15, -0.1) is 0 Å². The Balaban J connectivity index is 2.00. The summed E-state index contributed by atoms with van der Waals surface area (Å²) in [7, 11) is 0. The van der Waals surface area contributed by atoms with Crippen LogP contribution in [0, 0.1) is 5.41 Å². The van der Waals surface area contributed by atoms with E-state index >= 15 is 0 Å². The van der Waals surface area contributed by atoms with E-state index in [4.69, 9.17) is 0 Å². The average molecular weight is 360 g/mol. The van der Waals surface area contributed by atoms with Crippen LogP contribution in [0.1, 0.15) is 68.8 Å². The third-order valence-corrected chi connectivity index (χ3v) is 4.82. The van der Waals surface area contributed by atoms with E-state index in [1.54, 1.807) is 24.3 Å². The van der Waals surface area contributed by atoms with Crippen LogP contribution in [0.4, 0.5) is 0 Å². The van der Waals surface area contributed by atoms with Crippen molar-refractivity contribution in [3.05, 3.63) is 35.4 Å². The van der Waals surface area contributed by atoms with Crippen LogP contribution in [-0.4, -0.2) is 28.4 Å². The van der Waals surface area contributed by atoms with Gasteiger partial charge in [-0.1, -0.05) is 52.2 Å². The van der Waals surface area contributed by atoms with Crippen LogP contribution >= 0.6 is 0 Å². The van der Waals surface area contributed by atoms with Gasteiger partial charge in [0.2, 0.25) is 5.91 Å². The summed E-state index contributed by atoms with van der Waals surface area (Å²) in [5, 5.41) is 15.1. The highest BCUT2D eigenvalue weighted by Crippen LogP contribution is 2.29. The zero-order valence-corrected chi connectivity index (χ0v) is 15.7. The molecule has 1 aromatic rings. The number of benzene rings is 1. The SMILES string of the molecule is CC(C)(C)C(=O)NCc1ccc(C(=O)NC2(C(=O)O)CCCCC2)cc1. The van der Waals surface area contributed by atoms with E-state index in [1.807, 2.05) is 20.8 Å². The van der Waals surface area contributed by atoms with Crippen molar-refractivity contribution in [1.29, 1.82) is 0 Å². The fourth-order valence-corrected chi connectivity index (χ4v) is 3.06. The molecule has 142 valence electrons. The second kappa shape index (κ2) is 7.89. The molecular weight excluding hydrogens is 332 g/mol. The molecule has 0 atom stereocenters. The number of amides is 2. The van der Waals surface area contributed by atoms with Crippen molar-refractivity contribution in [3.63, 3.8) is 0 Å². The van der Waals surface area contributed by atoms with Crippen molar-refractivity contribution >= 4 is 17.8 Å². The molecule has 0 unspecified atom stereocenters. The molecule has 0 aromatic heterocycles. The largest absolute Gasteiger partial charge is 0.480 e. The van der Waals surface area contributed by atoms with Gasteiger partial charge in [-0.25, -0.2) is 4.79 Å². The van der Waals surface area contributed by atoms with Gasteiger partial charge in [-0.3, -0.25) is 9.59 Å². The fraction of sp³-hybridized carbons (Fsp3) is 0.550. The van der Waals surface area contributed by atoms with Crippen molar-refractivity contribution in [3.8, 4) is 0 Å². The smallest absolute Gasteiger partial charge is 0.329 e. The Bertz CT molecular complexity index is 668. The Hall–Kier alpha value is -2.37. The molecule has 0 heterocycles. The highest BCUT2D eigenvalue weighted by molar-refractivity contribution is 5.98. The minimum Gasteiger partial charge on any atom is -0.480 e. The first-order valence-electron chi connectivity index (χ1n) is 9.07. The molecule has 0 radical (unpaired) electrons. The molecule has 1 fully saturated rings. The van der Waals surface area contributed by atoms with Crippen molar-refractivity contribution in [2.45, 2.75) is 65.0 Å². The molecule has 6 nitrogen and oxygen atoms in total. The molecule has 1 aromatic carbocycles.